The van der Waals surface area contributed by atoms with E-state index in [2.05, 4.69) is 5.32 Å². The lowest BCUT2D eigenvalue weighted by Crippen LogP contribution is -2.19. The van der Waals surface area contributed by atoms with E-state index in [1.54, 1.807) is 0 Å². The minimum Gasteiger partial charge on any atom is -0.491 e. The van der Waals surface area contributed by atoms with E-state index in [0.717, 1.165) is 17.0 Å². The lowest BCUT2D eigenvalue weighted by atomic mass is 10.2. The van der Waals surface area contributed by atoms with Crippen LogP contribution < -0.4 is 15.8 Å². The van der Waals surface area contributed by atoms with Gasteiger partial charge < -0.3 is 15.8 Å². The Labute approximate surface area is 95.6 Å². The highest BCUT2D eigenvalue weighted by Crippen LogP contribution is 2.22. The number of hydrogen-bond donors (Lipinski definition) is 2. The minimum atomic E-state index is 0.158. The van der Waals surface area contributed by atoms with Crippen LogP contribution in [0.5, 0.6) is 5.75 Å². The first-order chi connectivity index (χ1) is 6.99. The maximum absolute atomic E-state index is 5.57. The highest BCUT2D eigenvalue weighted by atomic mass is 32.1. The SMILES string of the molecule is Cc1ccc(OC(C)C)cc1NC(N)=S. The number of nitrogens with two attached hydrogens (primary N) is 1. The lowest BCUT2D eigenvalue weighted by molar-refractivity contribution is 0.242. The molecule has 0 spiro atoms. The van der Waals surface area contributed by atoms with Gasteiger partial charge >= 0.3 is 0 Å². The van der Waals surface area contributed by atoms with E-state index < -0.39 is 0 Å². The zero-order chi connectivity index (χ0) is 11.4. The van der Waals surface area contributed by atoms with Gasteiger partial charge in [-0.2, -0.15) is 0 Å². The summed E-state index contributed by atoms with van der Waals surface area (Å²) in [6.07, 6.45) is 0.158. The summed E-state index contributed by atoms with van der Waals surface area (Å²) in [7, 11) is 0. The van der Waals surface area contributed by atoms with Gasteiger partial charge in [0.15, 0.2) is 5.11 Å². The Balaban J connectivity index is 2.89. The van der Waals surface area contributed by atoms with Gasteiger partial charge in [-0.1, -0.05) is 6.07 Å². The maximum Gasteiger partial charge on any atom is 0.168 e. The van der Waals surface area contributed by atoms with Crippen molar-refractivity contribution in [2.75, 3.05) is 5.32 Å². The normalized spacial score (nSPS) is 10.1. The predicted octanol–water partition coefficient (Wildman–Crippen LogP) is 2.44. The molecule has 3 nitrogen and oxygen atoms in total. The molecule has 4 heteroatoms. The Morgan fingerprint density at radius 1 is 1.47 bits per heavy atom. The summed E-state index contributed by atoms with van der Waals surface area (Å²) in [5, 5.41) is 3.18. The number of rotatable bonds is 3. The van der Waals surface area contributed by atoms with Crippen LogP contribution in [0.3, 0.4) is 0 Å². The van der Waals surface area contributed by atoms with E-state index in [0.29, 0.717) is 0 Å². The zero-order valence-corrected chi connectivity index (χ0v) is 10.0. The van der Waals surface area contributed by atoms with Crippen LogP contribution in [0, 0.1) is 6.92 Å². The average Bonchev–Trinajstić information content (AvgIpc) is 2.09. The van der Waals surface area contributed by atoms with Gasteiger partial charge in [-0.05, 0) is 44.6 Å². The number of nitrogens with one attached hydrogen (secondary N) is 1. The van der Waals surface area contributed by atoms with Crippen LogP contribution in [0.15, 0.2) is 18.2 Å². The molecule has 0 unspecified atom stereocenters. The average molecular weight is 224 g/mol. The van der Waals surface area contributed by atoms with Crippen LogP contribution in [0.25, 0.3) is 0 Å². The molecular weight excluding hydrogens is 208 g/mol. The van der Waals surface area contributed by atoms with Gasteiger partial charge in [-0.3, -0.25) is 0 Å². The molecule has 15 heavy (non-hydrogen) atoms. The molecule has 1 rings (SSSR count). The fourth-order valence-corrected chi connectivity index (χ4v) is 1.32. The van der Waals surface area contributed by atoms with Crippen molar-refractivity contribution in [3.05, 3.63) is 23.8 Å². The summed E-state index contributed by atoms with van der Waals surface area (Å²) in [5.41, 5.74) is 7.40. The second-order valence-corrected chi connectivity index (χ2v) is 4.07. The fraction of sp³-hybridized carbons (Fsp3) is 0.364. The third kappa shape index (κ3) is 3.75. The minimum absolute atomic E-state index is 0.158. The third-order valence-corrected chi connectivity index (χ3v) is 1.94. The molecule has 0 aromatic heterocycles. The largest absolute Gasteiger partial charge is 0.491 e. The van der Waals surface area contributed by atoms with Crippen LogP contribution in [-0.4, -0.2) is 11.2 Å². The first-order valence-corrected chi connectivity index (χ1v) is 5.23. The topological polar surface area (TPSA) is 47.3 Å². The van der Waals surface area contributed by atoms with Crippen LogP contribution in [-0.2, 0) is 0 Å². The van der Waals surface area contributed by atoms with Crippen molar-refractivity contribution in [3.63, 3.8) is 0 Å². The van der Waals surface area contributed by atoms with Crippen LogP contribution in [0.1, 0.15) is 19.4 Å². The molecule has 3 N–H and O–H groups in total. The molecule has 0 bridgehead atoms. The predicted molar refractivity (Wildman–Crippen MR) is 67.4 cm³/mol. The molecule has 1 aromatic carbocycles. The third-order valence-electron chi connectivity index (χ3n) is 1.84. The number of ether oxygens (including phenoxy) is 1. The molecule has 0 aliphatic heterocycles. The van der Waals surface area contributed by atoms with Crippen molar-refractivity contribution >= 4 is 23.0 Å². The summed E-state index contributed by atoms with van der Waals surface area (Å²) in [6.45, 7) is 5.96. The Morgan fingerprint density at radius 2 is 2.13 bits per heavy atom. The first-order valence-electron chi connectivity index (χ1n) is 4.83. The molecule has 0 radical (unpaired) electrons. The smallest absolute Gasteiger partial charge is 0.168 e. The van der Waals surface area contributed by atoms with E-state index >= 15 is 0 Å². The quantitative estimate of drug-likeness (QED) is 0.774. The van der Waals surface area contributed by atoms with Crippen molar-refractivity contribution in [1.29, 1.82) is 0 Å². The van der Waals surface area contributed by atoms with E-state index in [1.165, 1.54) is 0 Å². The molecular formula is C11H16N2OS. The van der Waals surface area contributed by atoms with Gasteiger partial charge in [0.25, 0.3) is 0 Å². The van der Waals surface area contributed by atoms with E-state index in [-0.39, 0.29) is 11.2 Å². The van der Waals surface area contributed by atoms with Crippen LogP contribution in [0.4, 0.5) is 5.69 Å². The molecule has 0 atom stereocenters. The van der Waals surface area contributed by atoms with Crippen LogP contribution in [0.2, 0.25) is 0 Å². The Hall–Kier alpha value is -1.29. The van der Waals surface area contributed by atoms with Gasteiger partial charge in [-0.15, -0.1) is 0 Å². The summed E-state index contributed by atoms with van der Waals surface area (Å²) in [6, 6.07) is 5.80. The second kappa shape index (κ2) is 4.98. The Kier molecular flexibility index (Phi) is 3.91. The highest BCUT2D eigenvalue weighted by Gasteiger charge is 2.03. The number of anilines is 1. The van der Waals surface area contributed by atoms with Gasteiger partial charge in [0.05, 0.1) is 6.10 Å². The van der Waals surface area contributed by atoms with Crippen molar-refractivity contribution in [2.45, 2.75) is 26.9 Å². The molecule has 82 valence electrons. The number of thiocarbonyl (C=S) groups is 1. The van der Waals surface area contributed by atoms with Crippen molar-refractivity contribution < 1.29 is 4.74 Å². The molecule has 0 heterocycles. The number of hydrogen-bond acceptors (Lipinski definition) is 2. The Bertz CT molecular complexity index is 364. The maximum atomic E-state index is 5.57. The molecule has 0 aliphatic carbocycles. The summed E-state index contributed by atoms with van der Waals surface area (Å²) in [5.74, 6) is 0.814. The van der Waals surface area contributed by atoms with Gasteiger partial charge in [0, 0.05) is 11.8 Å². The molecule has 0 aliphatic rings. The molecule has 0 fully saturated rings. The van der Waals surface area contributed by atoms with Gasteiger partial charge in [0.1, 0.15) is 5.75 Å². The first kappa shape index (κ1) is 11.8. The van der Waals surface area contributed by atoms with E-state index in [4.69, 9.17) is 22.7 Å². The van der Waals surface area contributed by atoms with Gasteiger partial charge in [-0.25, -0.2) is 0 Å². The van der Waals surface area contributed by atoms with Gasteiger partial charge in [0.2, 0.25) is 0 Å². The van der Waals surface area contributed by atoms with E-state index in [9.17, 15) is 0 Å². The molecule has 0 saturated carbocycles. The van der Waals surface area contributed by atoms with Crippen molar-refractivity contribution in [2.24, 2.45) is 5.73 Å². The highest BCUT2D eigenvalue weighted by molar-refractivity contribution is 7.80. The summed E-state index contributed by atoms with van der Waals surface area (Å²) in [4.78, 5) is 0. The standard InChI is InChI=1S/C11H16N2OS/c1-7(2)14-9-5-4-8(3)10(6-9)13-11(12)15/h4-7H,1-3H3,(H3,12,13,15). The van der Waals surface area contributed by atoms with Crippen molar-refractivity contribution in [3.8, 4) is 5.75 Å². The van der Waals surface area contributed by atoms with E-state index in [1.807, 2.05) is 39.0 Å². The fourth-order valence-electron chi connectivity index (χ4n) is 1.21. The molecule has 1 aromatic rings. The lowest BCUT2D eigenvalue weighted by Gasteiger charge is -2.13. The zero-order valence-electron chi connectivity index (χ0n) is 9.20. The number of benzene rings is 1. The summed E-state index contributed by atoms with van der Waals surface area (Å²) >= 11 is 4.79. The number of aryl methyl sites for hydroxylation is 1. The monoisotopic (exact) mass is 224 g/mol. The Morgan fingerprint density at radius 3 is 2.67 bits per heavy atom. The molecule has 0 saturated heterocycles. The summed E-state index contributed by atoms with van der Waals surface area (Å²) < 4.78 is 5.57. The van der Waals surface area contributed by atoms with Crippen molar-refractivity contribution in [1.82, 2.24) is 0 Å². The second-order valence-electron chi connectivity index (χ2n) is 3.63. The van der Waals surface area contributed by atoms with Crippen LogP contribution >= 0.6 is 12.2 Å². The molecule has 0 amide bonds.